The molecular weight excluding hydrogens is 585 g/mol. The number of hydrogen-bond acceptors (Lipinski definition) is 7. The summed E-state index contributed by atoms with van der Waals surface area (Å²) in [5, 5.41) is 24.8. The van der Waals surface area contributed by atoms with Crippen molar-refractivity contribution in [2.75, 3.05) is 31.7 Å². The van der Waals surface area contributed by atoms with Gasteiger partial charge in [0.2, 0.25) is 0 Å². The van der Waals surface area contributed by atoms with Crippen LogP contribution in [0.25, 0.3) is 0 Å². The minimum Gasteiger partial charge on any atom is -0.395 e. The largest absolute Gasteiger partial charge is 0.395 e. The maximum absolute atomic E-state index is 14.0. The molecule has 2 bridgehead atoms. The fourth-order valence-electron chi connectivity index (χ4n) is 6.13. The topological polar surface area (TPSA) is 125 Å². The van der Waals surface area contributed by atoms with Gasteiger partial charge in [-0.2, -0.15) is 0 Å². The van der Waals surface area contributed by atoms with Crippen molar-refractivity contribution < 1.29 is 41.3 Å². The summed E-state index contributed by atoms with van der Waals surface area (Å²) in [6.07, 6.45) is 1.03. The summed E-state index contributed by atoms with van der Waals surface area (Å²) >= 11 is 6.32. The van der Waals surface area contributed by atoms with Crippen molar-refractivity contribution >= 4 is 33.0 Å². The molecule has 4 N–H and O–H groups in total. The van der Waals surface area contributed by atoms with Crippen LogP contribution in [0.1, 0.15) is 43.5 Å². The second-order valence-corrected chi connectivity index (χ2v) is 13.7. The van der Waals surface area contributed by atoms with E-state index in [0.29, 0.717) is 31.7 Å². The molecule has 0 aliphatic heterocycles. The van der Waals surface area contributed by atoms with Gasteiger partial charge in [0, 0.05) is 36.0 Å². The molecule has 2 fully saturated rings. The number of amides is 1. The first-order valence-electron chi connectivity index (χ1n) is 13.4. The van der Waals surface area contributed by atoms with Gasteiger partial charge in [0.25, 0.3) is 5.91 Å². The molecule has 13 heteroatoms. The number of benzene rings is 2. The molecule has 8 nitrogen and oxygen atoms in total. The first-order valence-corrected chi connectivity index (χ1v) is 15.3. The van der Waals surface area contributed by atoms with Crippen LogP contribution in [0, 0.1) is 35.2 Å². The van der Waals surface area contributed by atoms with Gasteiger partial charge in [-0.15, -0.1) is 0 Å². The number of aliphatic hydroxyl groups excluding tert-OH is 1. The van der Waals surface area contributed by atoms with E-state index in [9.17, 15) is 31.5 Å². The van der Waals surface area contributed by atoms with Gasteiger partial charge in [-0.05, 0) is 62.1 Å². The van der Waals surface area contributed by atoms with Crippen molar-refractivity contribution in [2.24, 2.45) is 17.8 Å². The molecular formula is C28H34ClF3N2O6S. The van der Waals surface area contributed by atoms with Crippen molar-refractivity contribution in [1.29, 1.82) is 0 Å². The highest BCUT2D eigenvalue weighted by molar-refractivity contribution is 7.92. The van der Waals surface area contributed by atoms with Crippen molar-refractivity contribution in [2.45, 2.75) is 54.9 Å². The number of aliphatic hydroxyl groups is 2. The number of fused-ring (bicyclic) bond motifs is 2. The third kappa shape index (κ3) is 6.89. The maximum atomic E-state index is 14.0. The standard InChI is InChI=1S/C28H34ClF3N2O6S/c1-15-7-18-11-28(37,14-40-6-5-33-16(2)13-35)12-20(15)26(18)41(38,39)24-8-17(3-4-21(24)29)27(36)34-19-9-22(30)25(32)23(31)10-19/h3-4,8-10,15-16,18,20,26,33,35,37H,5-7,11-14H2,1-2H3,(H,34,36)/t15-,16?,18?,20?,26+,28+/m0/s1. The quantitative estimate of drug-likeness (QED) is 0.222. The van der Waals surface area contributed by atoms with Gasteiger partial charge in [-0.1, -0.05) is 18.5 Å². The second-order valence-electron chi connectivity index (χ2n) is 11.2. The molecule has 0 spiro atoms. The Hall–Kier alpha value is -2.22. The Bertz CT molecular complexity index is 1370. The molecule has 0 radical (unpaired) electrons. The number of rotatable bonds is 11. The average Bonchev–Trinajstić information content (AvgIpc) is 3.13. The lowest BCUT2D eigenvalue weighted by atomic mass is 9.76. The highest BCUT2D eigenvalue weighted by Crippen LogP contribution is 2.54. The van der Waals surface area contributed by atoms with Crippen LogP contribution >= 0.6 is 11.6 Å². The van der Waals surface area contributed by atoms with Crippen LogP contribution in [-0.2, 0) is 14.6 Å². The molecule has 3 unspecified atom stereocenters. The molecule has 2 aromatic rings. The fourth-order valence-corrected chi connectivity index (χ4v) is 9.04. The van der Waals surface area contributed by atoms with Gasteiger partial charge in [-0.25, -0.2) is 21.6 Å². The Labute approximate surface area is 242 Å². The first kappa shape index (κ1) is 31.7. The van der Waals surface area contributed by atoms with Gasteiger partial charge in [0.15, 0.2) is 27.3 Å². The minimum absolute atomic E-state index is 0.00708. The highest BCUT2D eigenvalue weighted by atomic mass is 35.5. The predicted molar refractivity (Wildman–Crippen MR) is 147 cm³/mol. The van der Waals surface area contributed by atoms with Crippen LogP contribution in [0.2, 0.25) is 5.02 Å². The Morgan fingerprint density at radius 3 is 2.51 bits per heavy atom. The Balaban J connectivity index is 1.50. The first-order chi connectivity index (χ1) is 19.3. The van der Waals surface area contributed by atoms with Crippen molar-refractivity contribution in [3.05, 3.63) is 58.4 Å². The number of carbonyl (C=O) groups excluding carboxylic acids is 1. The molecule has 226 valence electrons. The smallest absolute Gasteiger partial charge is 0.255 e. The number of sulfone groups is 1. The summed E-state index contributed by atoms with van der Waals surface area (Å²) in [7, 11) is -4.07. The van der Waals surface area contributed by atoms with Gasteiger partial charge in [0.1, 0.15) is 0 Å². The van der Waals surface area contributed by atoms with E-state index in [1.54, 1.807) is 0 Å². The molecule has 2 saturated carbocycles. The van der Waals surface area contributed by atoms with E-state index >= 15 is 0 Å². The van der Waals surface area contributed by atoms with Crippen LogP contribution in [0.5, 0.6) is 0 Å². The molecule has 4 rings (SSSR count). The zero-order valence-corrected chi connectivity index (χ0v) is 24.2. The van der Waals surface area contributed by atoms with Crippen LogP contribution in [0.15, 0.2) is 35.2 Å². The summed E-state index contributed by atoms with van der Waals surface area (Å²) in [5.41, 5.74) is -1.66. The van der Waals surface area contributed by atoms with Gasteiger partial charge in [0.05, 0.1) is 40.6 Å². The van der Waals surface area contributed by atoms with Crippen molar-refractivity contribution in [1.82, 2.24) is 5.32 Å². The SMILES string of the molecule is CC(CO)NCCOC[C@@]1(O)CC2C[C@H](C)C(C1)[C@@H]2S(=O)(=O)c1cc(C(=O)Nc2cc(F)c(F)c(F)c2)ccc1Cl. The van der Waals surface area contributed by atoms with Crippen molar-refractivity contribution in [3.63, 3.8) is 0 Å². The summed E-state index contributed by atoms with van der Waals surface area (Å²) in [6, 6.07) is 4.81. The lowest BCUT2D eigenvalue weighted by Gasteiger charge is -2.41. The Kier molecular flexibility index (Phi) is 9.72. The van der Waals surface area contributed by atoms with E-state index in [0.717, 1.165) is 6.07 Å². The third-order valence-corrected chi connectivity index (χ3v) is 10.9. The summed E-state index contributed by atoms with van der Waals surface area (Å²) in [4.78, 5) is 12.6. The molecule has 2 aliphatic carbocycles. The normalized spacial score (nSPS) is 26.6. The number of carbonyl (C=O) groups is 1. The maximum Gasteiger partial charge on any atom is 0.255 e. The van der Waals surface area contributed by atoms with E-state index in [1.807, 2.05) is 13.8 Å². The molecule has 0 aromatic heterocycles. The Morgan fingerprint density at radius 1 is 1.20 bits per heavy atom. The molecule has 41 heavy (non-hydrogen) atoms. The zero-order valence-electron chi connectivity index (χ0n) is 22.7. The predicted octanol–water partition coefficient (Wildman–Crippen LogP) is 3.94. The second kappa shape index (κ2) is 12.6. The monoisotopic (exact) mass is 618 g/mol. The van der Waals surface area contributed by atoms with Gasteiger partial charge >= 0.3 is 0 Å². The molecule has 6 atom stereocenters. The lowest BCUT2D eigenvalue weighted by molar-refractivity contribution is -0.0834. The van der Waals surface area contributed by atoms with Gasteiger partial charge in [-0.3, -0.25) is 4.79 Å². The molecule has 2 aromatic carbocycles. The number of anilines is 1. The summed E-state index contributed by atoms with van der Waals surface area (Å²) < 4.78 is 74.1. The van der Waals surface area contributed by atoms with Crippen LogP contribution in [-0.4, -0.2) is 67.8 Å². The number of hydrogen-bond donors (Lipinski definition) is 4. The van der Waals surface area contributed by atoms with E-state index in [-0.39, 0.29) is 71.0 Å². The van der Waals surface area contributed by atoms with Crippen molar-refractivity contribution in [3.8, 4) is 0 Å². The van der Waals surface area contributed by atoms with Gasteiger partial charge < -0.3 is 25.6 Å². The van der Waals surface area contributed by atoms with Crippen LogP contribution in [0.4, 0.5) is 18.9 Å². The molecule has 0 saturated heterocycles. The highest BCUT2D eigenvalue weighted by Gasteiger charge is 2.57. The molecule has 1 amide bonds. The van der Waals surface area contributed by atoms with Crippen LogP contribution in [0.3, 0.4) is 0 Å². The number of nitrogens with one attached hydrogen (secondary N) is 2. The minimum atomic E-state index is -4.07. The zero-order chi connectivity index (χ0) is 30.1. The van der Waals surface area contributed by atoms with E-state index < -0.39 is 44.0 Å². The fraction of sp³-hybridized carbons (Fsp3) is 0.536. The molecule has 0 heterocycles. The third-order valence-electron chi connectivity index (χ3n) is 8.03. The summed E-state index contributed by atoms with van der Waals surface area (Å²) in [5.74, 6) is -6.25. The van der Waals surface area contributed by atoms with E-state index in [4.69, 9.17) is 21.4 Å². The number of halogens is 4. The molecule has 2 aliphatic rings. The van der Waals surface area contributed by atoms with E-state index in [2.05, 4.69) is 10.6 Å². The van der Waals surface area contributed by atoms with E-state index in [1.165, 1.54) is 12.1 Å². The average molecular weight is 619 g/mol. The Morgan fingerprint density at radius 2 is 1.88 bits per heavy atom. The lowest BCUT2D eigenvalue weighted by Crippen LogP contribution is -2.49. The number of ether oxygens (including phenoxy) is 1. The van der Waals surface area contributed by atoms with Crippen LogP contribution < -0.4 is 10.6 Å². The summed E-state index contributed by atoms with van der Waals surface area (Å²) in [6.45, 7) is 4.64.